The summed E-state index contributed by atoms with van der Waals surface area (Å²) in [5.41, 5.74) is 1.20. The Kier molecular flexibility index (Phi) is 8.43. The highest BCUT2D eigenvalue weighted by Crippen LogP contribution is 2.28. The highest BCUT2D eigenvalue weighted by Gasteiger charge is 2.32. The van der Waals surface area contributed by atoms with Gasteiger partial charge in [0.15, 0.2) is 17.5 Å². The van der Waals surface area contributed by atoms with Crippen molar-refractivity contribution in [2.24, 2.45) is 4.99 Å². The normalized spacial score (nSPS) is 22.2. The summed E-state index contributed by atoms with van der Waals surface area (Å²) in [4.78, 5) is 6.90. The maximum atomic E-state index is 6.02. The summed E-state index contributed by atoms with van der Waals surface area (Å²) in [6, 6.07) is 6.78. The zero-order chi connectivity index (χ0) is 20.5. The van der Waals surface area contributed by atoms with Gasteiger partial charge in [0, 0.05) is 32.7 Å². The van der Waals surface area contributed by atoms with Gasteiger partial charge in [0.25, 0.3) is 0 Å². The molecule has 1 aromatic carbocycles. The Balaban J connectivity index is 1.42. The lowest BCUT2D eigenvalue weighted by atomic mass is 10.1. The number of nitrogens with one attached hydrogen (secondary N) is 2. The first-order valence-electron chi connectivity index (χ1n) is 10.9. The van der Waals surface area contributed by atoms with Crippen LogP contribution in [-0.4, -0.2) is 76.1 Å². The van der Waals surface area contributed by atoms with Gasteiger partial charge < -0.3 is 24.8 Å². The van der Waals surface area contributed by atoms with E-state index in [1.165, 1.54) is 24.9 Å². The van der Waals surface area contributed by atoms with E-state index in [0.29, 0.717) is 19.3 Å². The van der Waals surface area contributed by atoms with Crippen molar-refractivity contribution in [3.63, 3.8) is 0 Å². The fraction of sp³-hybridized carbons (Fsp3) is 0.682. The molecule has 2 saturated heterocycles. The molecule has 0 aliphatic carbocycles. The first-order chi connectivity index (χ1) is 14.2. The van der Waals surface area contributed by atoms with Gasteiger partial charge >= 0.3 is 0 Å². The van der Waals surface area contributed by atoms with Crippen LogP contribution in [0.2, 0.25) is 0 Å². The minimum atomic E-state index is 0.225. The van der Waals surface area contributed by atoms with Crippen molar-refractivity contribution < 1.29 is 14.2 Å². The molecule has 0 bridgehead atoms. The third-order valence-electron chi connectivity index (χ3n) is 5.50. The zero-order valence-electron chi connectivity index (χ0n) is 18.1. The van der Waals surface area contributed by atoms with Crippen LogP contribution in [0.3, 0.4) is 0 Å². The Hall–Kier alpha value is -1.99. The van der Waals surface area contributed by atoms with Gasteiger partial charge in [-0.3, -0.25) is 9.89 Å². The van der Waals surface area contributed by atoms with E-state index in [1.54, 1.807) is 7.05 Å². The predicted molar refractivity (Wildman–Crippen MR) is 116 cm³/mol. The van der Waals surface area contributed by atoms with Crippen molar-refractivity contribution >= 4 is 5.96 Å². The second-order valence-electron chi connectivity index (χ2n) is 7.52. The van der Waals surface area contributed by atoms with Crippen LogP contribution in [0.15, 0.2) is 23.2 Å². The molecule has 0 aromatic heterocycles. The van der Waals surface area contributed by atoms with Crippen molar-refractivity contribution in [2.45, 2.75) is 45.3 Å². The van der Waals surface area contributed by atoms with Gasteiger partial charge in [-0.2, -0.15) is 0 Å². The minimum Gasteiger partial charge on any atom is -0.490 e. The summed E-state index contributed by atoms with van der Waals surface area (Å²) in [5.74, 6) is 2.42. The summed E-state index contributed by atoms with van der Waals surface area (Å²) in [5, 5.41) is 6.80. The molecule has 7 nitrogen and oxygen atoms in total. The van der Waals surface area contributed by atoms with Gasteiger partial charge in [-0.1, -0.05) is 6.07 Å². The topological polar surface area (TPSA) is 67.4 Å². The summed E-state index contributed by atoms with van der Waals surface area (Å²) in [7, 11) is 1.80. The van der Waals surface area contributed by atoms with Crippen molar-refractivity contribution in [1.29, 1.82) is 0 Å². The van der Waals surface area contributed by atoms with Gasteiger partial charge in [-0.25, -0.2) is 0 Å². The Labute approximate surface area is 174 Å². The minimum absolute atomic E-state index is 0.225. The summed E-state index contributed by atoms with van der Waals surface area (Å²) in [6.07, 6.45) is 3.68. The van der Waals surface area contributed by atoms with Gasteiger partial charge in [-0.15, -0.1) is 0 Å². The number of guanidine groups is 1. The predicted octanol–water partition coefficient (Wildman–Crippen LogP) is 2.05. The first kappa shape index (κ1) is 21.7. The van der Waals surface area contributed by atoms with Crippen molar-refractivity contribution in [3.8, 4) is 11.5 Å². The molecule has 0 saturated carbocycles. The molecule has 0 amide bonds. The van der Waals surface area contributed by atoms with Gasteiger partial charge in [-0.05, 0) is 57.4 Å². The number of hydrogen-bond donors (Lipinski definition) is 2. The SMILES string of the molecule is CCOc1ccc(CCNC(=NC)NCC2CN3CCCC3CO2)cc1OCC. The second kappa shape index (κ2) is 11.3. The van der Waals surface area contributed by atoms with Crippen molar-refractivity contribution in [1.82, 2.24) is 15.5 Å². The zero-order valence-corrected chi connectivity index (χ0v) is 18.1. The molecular weight excluding hydrogens is 368 g/mol. The fourth-order valence-electron chi connectivity index (χ4n) is 4.02. The molecule has 0 radical (unpaired) electrons. The number of ether oxygens (including phenoxy) is 3. The average Bonchev–Trinajstić information content (AvgIpc) is 3.20. The molecule has 2 heterocycles. The molecular formula is C22H36N4O3. The molecule has 2 N–H and O–H groups in total. The number of fused-ring (bicyclic) bond motifs is 1. The van der Waals surface area contributed by atoms with Crippen LogP contribution < -0.4 is 20.1 Å². The Morgan fingerprint density at radius 2 is 2.03 bits per heavy atom. The van der Waals surface area contributed by atoms with Crippen molar-refractivity contribution in [3.05, 3.63) is 23.8 Å². The van der Waals surface area contributed by atoms with Gasteiger partial charge in [0.1, 0.15) is 0 Å². The van der Waals surface area contributed by atoms with Crippen LogP contribution in [0.25, 0.3) is 0 Å². The average molecular weight is 405 g/mol. The second-order valence-corrected chi connectivity index (χ2v) is 7.52. The maximum Gasteiger partial charge on any atom is 0.191 e. The molecule has 162 valence electrons. The van der Waals surface area contributed by atoms with E-state index < -0.39 is 0 Å². The lowest BCUT2D eigenvalue weighted by Gasteiger charge is -2.35. The molecule has 3 rings (SSSR count). The standard InChI is InChI=1S/C22H36N4O3/c1-4-27-20-9-8-17(13-21(20)28-5-2)10-11-24-22(23-3)25-14-19-15-26-12-6-7-18(26)16-29-19/h8-9,13,18-19H,4-7,10-12,14-16H2,1-3H3,(H2,23,24,25). The van der Waals surface area contributed by atoms with Crippen LogP contribution in [0.5, 0.6) is 11.5 Å². The third-order valence-corrected chi connectivity index (χ3v) is 5.50. The van der Waals surface area contributed by atoms with Crippen LogP contribution in [0.4, 0.5) is 0 Å². The van der Waals surface area contributed by atoms with E-state index >= 15 is 0 Å². The maximum absolute atomic E-state index is 6.02. The molecule has 2 aliphatic heterocycles. The molecule has 2 aliphatic rings. The van der Waals surface area contributed by atoms with E-state index in [2.05, 4.69) is 32.7 Å². The highest BCUT2D eigenvalue weighted by molar-refractivity contribution is 5.79. The van der Waals surface area contributed by atoms with Crippen LogP contribution in [-0.2, 0) is 11.2 Å². The highest BCUT2D eigenvalue weighted by atomic mass is 16.5. The van der Waals surface area contributed by atoms with Crippen LogP contribution in [0.1, 0.15) is 32.3 Å². The van der Waals surface area contributed by atoms with Crippen LogP contribution in [0, 0.1) is 0 Å². The number of rotatable bonds is 9. The van der Waals surface area contributed by atoms with Gasteiger partial charge in [0.2, 0.25) is 0 Å². The van der Waals surface area contributed by atoms with E-state index in [-0.39, 0.29) is 6.10 Å². The lowest BCUT2D eigenvalue weighted by molar-refractivity contribution is -0.0453. The molecule has 7 heteroatoms. The Morgan fingerprint density at radius 1 is 1.21 bits per heavy atom. The molecule has 2 unspecified atom stereocenters. The van der Waals surface area contributed by atoms with Crippen molar-refractivity contribution in [2.75, 3.05) is 53.0 Å². The number of morpholine rings is 1. The van der Waals surface area contributed by atoms with Gasteiger partial charge in [0.05, 0.1) is 25.9 Å². The molecule has 2 fully saturated rings. The monoisotopic (exact) mass is 404 g/mol. The number of aliphatic imine (C=N–C) groups is 1. The summed E-state index contributed by atoms with van der Waals surface area (Å²) < 4.78 is 17.4. The smallest absolute Gasteiger partial charge is 0.191 e. The van der Waals surface area contributed by atoms with E-state index in [1.807, 2.05) is 19.9 Å². The molecule has 0 spiro atoms. The fourth-order valence-corrected chi connectivity index (χ4v) is 4.02. The number of hydrogen-bond acceptors (Lipinski definition) is 5. The quantitative estimate of drug-likeness (QED) is 0.485. The summed E-state index contributed by atoms with van der Waals surface area (Å²) in [6.45, 7) is 9.88. The molecule has 29 heavy (non-hydrogen) atoms. The molecule has 2 atom stereocenters. The van der Waals surface area contributed by atoms with E-state index in [9.17, 15) is 0 Å². The number of nitrogens with zero attached hydrogens (tertiary/aromatic N) is 2. The first-order valence-corrected chi connectivity index (χ1v) is 10.9. The third kappa shape index (κ3) is 6.24. The largest absolute Gasteiger partial charge is 0.490 e. The number of benzene rings is 1. The Bertz CT molecular complexity index is 667. The van der Waals surface area contributed by atoms with E-state index in [4.69, 9.17) is 14.2 Å². The molecule has 1 aromatic rings. The summed E-state index contributed by atoms with van der Waals surface area (Å²) >= 11 is 0. The van der Waals surface area contributed by atoms with Crippen LogP contribution >= 0.6 is 0 Å². The van der Waals surface area contributed by atoms with E-state index in [0.717, 1.165) is 50.1 Å². The Morgan fingerprint density at radius 3 is 2.83 bits per heavy atom. The lowest BCUT2D eigenvalue weighted by Crippen LogP contribution is -2.51.